The number of aromatic nitrogens is 2. The van der Waals surface area contributed by atoms with Crippen LogP contribution in [0.2, 0.25) is 0 Å². The summed E-state index contributed by atoms with van der Waals surface area (Å²) >= 11 is 0. The lowest BCUT2D eigenvalue weighted by Gasteiger charge is -2.13. The van der Waals surface area contributed by atoms with Crippen LogP contribution in [-0.4, -0.2) is 9.55 Å². The van der Waals surface area contributed by atoms with Gasteiger partial charge in [0.2, 0.25) is 0 Å². The molecule has 21 heavy (non-hydrogen) atoms. The molecule has 0 saturated heterocycles. The van der Waals surface area contributed by atoms with E-state index in [4.69, 9.17) is 0 Å². The number of fused-ring (bicyclic) bond motifs is 1. The maximum Gasteiger partial charge on any atom is 0.260 e. The second-order valence-electron chi connectivity index (χ2n) is 4.91. The van der Waals surface area contributed by atoms with Gasteiger partial charge in [0.05, 0.1) is 10.9 Å². The Morgan fingerprint density at radius 1 is 1.19 bits per heavy atom. The van der Waals surface area contributed by atoms with E-state index >= 15 is 0 Å². The SMILES string of the molecule is Cc1ccccc1-c1c(C#N)n(C)c(=O)c2cccnc12. The van der Waals surface area contributed by atoms with Gasteiger partial charge in [0.1, 0.15) is 11.8 Å². The fraction of sp³-hybridized carbons (Fsp3) is 0.118. The van der Waals surface area contributed by atoms with Gasteiger partial charge in [0.25, 0.3) is 5.56 Å². The van der Waals surface area contributed by atoms with E-state index in [0.29, 0.717) is 22.2 Å². The molecule has 0 fully saturated rings. The van der Waals surface area contributed by atoms with Crippen LogP contribution in [0.5, 0.6) is 0 Å². The molecule has 0 radical (unpaired) electrons. The van der Waals surface area contributed by atoms with Gasteiger partial charge in [0, 0.05) is 18.8 Å². The minimum absolute atomic E-state index is 0.202. The molecule has 102 valence electrons. The smallest absolute Gasteiger partial charge is 0.260 e. The first-order chi connectivity index (χ1) is 10.1. The second-order valence-corrected chi connectivity index (χ2v) is 4.91. The van der Waals surface area contributed by atoms with E-state index < -0.39 is 0 Å². The number of pyridine rings is 2. The van der Waals surface area contributed by atoms with Crippen molar-refractivity contribution in [2.75, 3.05) is 0 Å². The molecule has 0 amide bonds. The lowest BCUT2D eigenvalue weighted by Crippen LogP contribution is -2.21. The van der Waals surface area contributed by atoms with E-state index in [1.165, 1.54) is 4.57 Å². The van der Waals surface area contributed by atoms with Crippen molar-refractivity contribution < 1.29 is 0 Å². The predicted octanol–water partition coefficient (Wildman–Crippen LogP) is 2.78. The van der Waals surface area contributed by atoms with Crippen LogP contribution < -0.4 is 5.56 Å². The Morgan fingerprint density at radius 3 is 2.67 bits per heavy atom. The summed E-state index contributed by atoms with van der Waals surface area (Å²) in [6.07, 6.45) is 1.64. The van der Waals surface area contributed by atoms with Crippen LogP contribution in [-0.2, 0) is 7.05 Å². The van der Waals surface area contributed by atoms with Crippen LogP contribution in [0.3, 0.4) is 0 Å². The van der Waals surface area contributed by atoms with Crippen molar-refractivity contribution in [2.24, 2.45) is 7.05 Å². The Morgan fingerprint density at radius 2 is 1.95 bits per heavy atom. The molecule has 2 aromatic heterocycles. The lowest BCUT2D eigenvalue weighted by molar-refractivity contribution is 0.855. The van der Waals surface area contributed by atoms with Crippen molar-refractivity contribution in [2.45, 2.75) is 6.92 Å². The van der Waals surface area contributed by atoms with Crippen LogP contribution in [0.1, 0.15) is 11.3 Å². The molecule has 0 aliphatic carbocycles. The largest absolute Gasteiger partial charge is 0.302 e. The molecule has 0 N–H and O–H groups in total. The third-order valence-electron chi connectivity index (χ3n) is 3.67. The van der Waals surface area contributed by atoms with Gasteiger partial charge >= 0.3 is 0 Å². The number of rotatable bonds is 1. The van der Waals surface area contributed by atoms with Crippen molar-refractivity contribution >= 4 is 10.9 Å². The molecule has 4 heteroatoms. The zero-order valence-electron chi connectivity index (χ0n) is 11.8. The average molecular weight is 275 g/mol. The molecule has 0 spiro atoms. The highest BCUT2D eigenvalue weighted by Crippen LogP contribution is 2.30. The van der Waals surface area contributed by atoms with E-state index in [9.17, 15) is 10.1 Å². The minimum Gasteiger partial charge on any atom is -0.302 e. The third-order valence-corrected chi connectivity index (χ3v) is 3.67. The quantitative estimate of drug-likeness (QED) is 0.686. The maximum atomic E-state index is 12.3. The summed E-state index contributed by atoms with van der Waals surface area (Å²) in [7, 11) is 1.62. The Labute approximate surface area is 121 Å². The first kappa shape index (κ1) is 13.1. The Kier molecular flexibility index (Phi) is 3.03. The van der Waals surface area contributed by atoms with E-state index in [-0.39, 0.29) is 5.56 Å². The number of hydrogen-bond acceptors (Lipinski definition) is 3. The van der Waals surface area contributed by atoms with Gasteiger partial charge in [-0.2, -0.15) is 5.26 Å². The van der Waals surface area contributed by atoms with Gasteiger partial charge in [-0.15, -0.1) is 0 Å². The van der Waals surface area contributed by atoms with Gasteiger partial charge in [0.15, 0.2) is 0 Å². The van der Waals surface area contributed by atoms with Gasteiger partial charge < -0.3 is 4.57 Å². The van der Waals surface area contributed by atoms with E-state index in [1.807, 2.05) is 31.2 Å². The van der Waals surface area contributed by atoms with Crippen molar-refractivity contribution in [3.05, 3.63) is 64.2 Å². The zero-order valence-corrected chi connectivity index (χ0v) is 11.8. The standard InChI is InChI=1S/C17H13N3O/c1-11-6-3-4-7-12(11)15-14(10-18)20(2)17(21)13-8-5-9-19-16(13)15/h3-9H,1-2H3. The fourth-order valence-corrected chi connectivity index (χ4v) is 2.58. The van der Waals surface area contributed by atoms with Crippen LogP contribution >= 0.6 is 0 Å². The highest BCUT2D eigenvalue weighted by atomic mass is 16.1. The number of benzene rings is 1. The van der Waals surface area contributed by atoms with Gasteiger partial charge in [-0.3, -0.25) is 9.78 Å². The third kappa shape index (κ3) is 1.91. The molecule has 3 rings (SSSR count). The molecule has 0 aliphatic heterocycles. The zero-order chi connectivity index (χ0) is 15.0. The number of nitriles is 1. The molecular weight excluding hydrogens is 262 g/mol. The molecule has 0 saturated carbocycles. The van der Waals surface area contributed by atoms with Crippen molar-refractivity contribution in [1.82, 2.24) is 9.55 Å². The average Bonchev–Trinajstić information content (AvgIpc) is 2.51. The van der Waals surface area contributed by atoms with Crippen molar-refractivity contribution in [1.29, 1.82) is 5.26 Å². The number of hydrogen-bond donors (Lipinski definition) is 0. The summed E-state index contributed by atoms with van der Waals surface area (Å²) in [6.45, 7) is 1.98. The molecule has 0 bridgehead atoms. The summed E-state index contributed by atoms with van der Waals surface area (Å²) in [5.41, 5.74) is 3.39. The maximum absolute atomic E-state index is 12.3. The molecule has 2 heterocycles. The monoisotopic (exact) mass is 275 g/mol. The van der Waals surface area contributed by atoms with E-state index in [0.717, 1.165) is 11.1 Å². The molecule has 1 aromatic carbocycles. The van der Waals surface area contributed by atoms with Gasteiger partial charge in [-0.1, -0.05) is 24.3 Å². The molecule has 0 unspecified atom stereocenters. The first-order valence-electron chi connectivity index (χ1n) is 6.59. The van der Waals surface area contributed by atoms with Crippen LogP contribution in [0, 0.1) is 18.3 Å². The minimum atomic E-state index is -0.202. The summed E-state index contributed by atoms with van der Waals surface area (Å²) in [4.78, 5) is 16.7. The fourth-order valence-electron chi connectivity index (χ4n) is 2.58. The van der Waals surface area contributed by atoms with Crippen molar-refractivity contribution in [3.63, 3.8) is 0 Å². The van der Waals surface area contributed by atoms with Crippen LogP contribution in [0.4, 0.5) is 0 Å². The second kappa shape index (κ2) is 4.88. The highest BCUT2D eigenvalue weighted by molar-refractivity contribution is 5.96. The number of aryl methyl sites for hydroxylation is 1. The molecule has 0 aliphatic rings. The van der Waals surface area contributed by atoms with Crippen molar-refractivity contribution in [3.8, 4) is 17.2 Å². The summed E-state index contributed by atoms with van der Waals surface area (Å²) in [5.74, 6) is 0. The summed E-state index contributed by atoms with van der Waals surface area (Å²) < 4.78 is 1.39. The van der Waals surface area contributed by atoms with Gasteiger partial charge in [-0.05, 0) is 30.2 Å². The highest BCUT2D eigenvalue weighted by Gasteiger charge is 2.17. The molecule has 4 nitrogen and oxygen atoms in total. The van der Waals surface area contributed by atoms with E-state index in [2.05, 4.69) is 11.1 Å². The summed E-state index contributed by atoms with van der Waals surface area (Å²) in [6, 6.07) is 13.4. The Hall–Kier alpha value is -2.93. The normalized spacial score (nSPS) is 10.5. The molecule has 0 atom stereocenters. The van der Waals surface area contributed by atoms with Gasteiger partial charge in [-0.25, -0.2) is 0 Å². The van der Waals surface area contributed by atoms with Crippen LogP contribution in [0.15, 0.2) is 47.4 Å². The Bertz CT molecular complexity index is 948. The lowest BCUT2D eigenvalue weighted by atomic mass is 9.97. The molecule has 3 aromatic rings. The Balaban J connectivity index is 2.59. The molecular formula is C17H13N3O. The number of nitrogens with zero attached hydrogens (tertiary/aromatic N) is 3. The first-order valence-corrected chi connectivity index (χ1v) is 6.59. The van der Waals surface area contributed by atoms with Crippen LogP contribution in [0.25, 0.3) is 22.0 Å². The topological polar surface area (TPSA) is 58.7 Å². The summed E-state index contributed by atoms with van der Waals surface area (Å²) in [5, 5.41) is 10.0. The predicted molar refractivity (Wildman–Crippen MR) is 81.9 cm³/mol. The van der Waals surface area contributed by atoms with E-state index in [1.54, 1.807) is 25.4 Å².